The fourth-order valence-electron chi connectivity index (χ4n) is 1.57. The minimum absolute atomic E-state index is 0.236. The highest BCUT2D eigenvalue weighted by Gasteiger charge is 2.16. The Hall–Kier alpha value is -2.01. The zero-order valence-corrected chi connectivity index (χ0v) is 10.5. The number of hydrogen-bond acceptors (Lipinski definition) is 4. The number of hydrogen-bond donors (Lipinski definition) is 1. The molecule has 1 heterocycles. The maximum atomic E-state index is 10.7. The molecule has 1 N–H and O–H groups in total. The van der Waals surface area contributed by atoms with Gasteiger partial charge < -0.3 is 14.4 Å². The molecule has 94 valence electrons. The molecule has 0 aliphatic carbocycles. The van der Waals surface area contributed by atoms with Gasteiger partial charge in [-0.2, -0.15) is 0 Å². The van der Waals surface area contributed by atoms with E-state index in [-0.39, 0.29) is 5.76 Å². The number of carboxylic acid groups (broad SMARTS) is 1. The predicted molar refractivity (Wildman–Crippen MR) is 65.2 cm³/mol. The largest absolute Gasteiger partial charge is 0.496 e. The summed E-state index contributed by atoms with van der Waals surface area (Å²) in [7, 11) is 1.55. The summed E-state index contributed by atoms with van der Waals surface area (Å²) in [6.07, 6.45) is 0. The van der Waals surface area contributed by atoms with Crippen molar-refractivity contribution in [3.8, 4) is 17.0 Å². The summed E-state index contributed by atoms with van der Waals surface area (Å²) in [5.41, 5.74) is 1.80. The normalized spacial score (nSPS) is 10.4. The van der Waals surface area contributed by atoms with Gasteiger partial charge in [-0.3, -0.25) is 0 Å². The molecule has 0 unspecified atom stereocenters. The quantitative estimate of drug-likeness (QED) is 0.925. The van der Waals surface area contributed by atoms with Crippen LogP contribution in [0.15, 0.2) is 22.7 Å². The molecule has 0 bridgehead atoms. The lowest BCUT2D eigenvalue weighted by atomic mass is 10.1. The Bertz CT molecular complexity index is 606. The van der Waals surface area contributed by atoms with Gasteiger partial charge in [-0.25, -0.2) is 4.79 Å². The Labute approximate surface area is 108 Å². The van der Waals surface area contributed by atoms with Gasteiger partial charge in [0.25, 0.3) is 0 Å². The highest BCUT2D eigenvalue weighted by atomic mass is 35.5. The summed E-state index contributed by atoms with van der Waals surface area (Å²) >= 11 is 6.10. The molecule has 18 heavy (non-hydrogen) atoms. The van der Waals surface area contributed by atoms with Crippen LogP contribution >= 0.6 is 11.6 Å². The molecule has 0 atom stereocenters. The fourth-order valence-corrected chi connectivity index (χ4v) is 1.89. The van der Waals surface area contributed by atoms with Crippen molar-refractivity contribution in [1.82, 2.24) is 5.16 Å². The van der Waals surface area contributed by atoms with Crippen LogP contribution in [0.1, 0.15) is 16.1 Å². The van der Waals surface area contributed by atoms with Crippen LogP contribution in [-0.4, -0.2) is 23.3 Å². The van der Waals surface area contributed by atoms with E-state index in [1.165, 1.54) is 6.07 Å². The number of ether oxygens (including phenoxy) is 1. The molecule has 0 amide bonds. The lowest BCUT2D eigenvalue weighted by Gasteiger charge is -2.07. The van der Waals surface area contributed by atoms with Crippen LogP contribution in [0.3, 0.4) is 0 Å². The van der Waals surface area contributed by atoms with Crippen LogP contribution in [0, 0.1) is 6.92 Å². The molecule has 0 radical (unpaired) electrons. The van der Waals surface area contributed by atoms with Crippen molar-refractivity contribution in [3.63, 3.8) is 0 Å². The van der Waals surface area contributed by atoms with E-state index in [1.807, 2.05) is 6.92 Å². The molecule has 0 saturated carbocycles. The summed E-state index contributed by atoms with van der Waals surface area (Å²) in [6.45, 7) is 1.86. The van der Waals surface area contributed by atoms with Crippen LogP contribution in [0.5, 0.6) is 5.75 Å². The summed E-state index contributed by atoms with van der Waals surface area (Å²) in [6, 6.07) is 4.74. The molecule has 0 fully saturated rings. The third-order valence-corrected chi connectivity index (χ3v) is 2.79. The Kier molecular flexibility index (Phi) is 3.25. The second-order valence-electron chi connectivity index (χ2n) is 3.68. The summed E-state index contributed by atoms with van der Waals surface area (Å²) in [4.78, 5) is 10.7. The number of benzene rings is 1. The van der Waals surface area contributed by atoms with Crippen molar-refractivity contribution in [3.05, 3.63) is 34.5 Å². The molecule has 2 rings (SSSR count). The van der Waals surface area contributed by atoms with Gasteiger partial charge in [-0.1, -0.05) is 16.8 Å². The zero-order chi connectivity index (χ0) is 13.3. The van der Waals surface area contributed by atoms with E-state index in [0.29, 0.717) is 22.0 Å². The monoisotopic (exact) mass is 267 g/mol. The number of nitrogens with zero attached hydrogens (tertiary/aromatic N) is 1. The topological polar surface area (TPSA) is 72.6 Å². The van der Waals surface area contributed by atoms with Gasteiger partial charge in [0.05, 0.1) is 12.1 Å². The number of carboxylic acids is 1. The van der Waals surface area contributed by atoms with Crippen LogP contribution < -0.4 is 4.74 Å². The van der Waals surface area contributed by atoms with Crippen molar-refractivity contribution in [2.45, 2.75) is 6.92 Å². The van der Waals surface area contributed by atoms with Crippen molar-refractivity contribution in [2.75, 3.05) is 7.11 Å². The van der Waals surface area contributed by atoms with Gasteiger partial charge >= 0.3 is 5.97 Å². The molecule has 1 aromatic carbocycles. The number of carbonyl (C=O) groups is 1. The number of aromatic nitrogens is 1. The second-order valence-corrected chi connectivity index (χ2v) is 4.09. The van der Waals surface area contributed by atoms with Gasteiger partial charge in [-0.15, -0.1) is 0 Å². The Morgan fingerprint density at radius 3 is 2.72 bits per heavy atom. The number of rotatable bonds is 3. The average molecular weight is 268 g/mol. The predicted octanol–water partition coefficient (Wildman–Crippen LogP) is 3.01. The number of aryl methyl sites for hydroxylation is 1. The fraction of sp³-hybridized carbons (Fsp3) is 0.167. The van der Waals surface area contributed by atoms with Crippen LogP contribution in [-0.2, 0) is 0 Å². The third-order valence-electron chi connectivity index (χ3n) is 2.48. The first-order chi connectivity index (χ1) is 8.52. The van der Waals surface area contributed by atoms with Crippen LogP contribution in [0.2, 0.25) is 5.02 Å². The minimum Gasteiger partial charge on any atom is -0.496 e. The number of aromatic carboxylic acids is 1. The first-order valence-electron chi connectivity index (χ1n) is 5.07. The van der Waals surface area contributed by atoms with Crippen LogP contribution in [0.25, 0.3) is 11.3 Å². The van der Waals surface area contributed by atoms with E-state index in [9.17, 15) is 4.79 Å². The highest BCUT2D eigenvalue weighted by Crippen LogP contribution is 2.33. The maximum absolute atomic E-state index is 10.7. The molecule has 0 aliphatic rings. The maximum Gasteiger partial charge on any atom is 0.374 e. The van der Waals surface area contributed by atoms with Crippen molar-refractivity contribution in [1.29, 1.82) is 0 Å². The van der Waals surface area contributed by atoms with E-state index >= 15 is 0 Å². The Morgan fingerprint density at radius 1 is 1.44 bits per heavy atom. The lowest BCUT2D eigenvalue weighted by molar-refractivity contribution is 0.0652. The Morgan fingerprint density at radius 2 is 2.17 bits per heavy atom. The van der Waals surface area contributed by atoms with E-state index in [4.69, 9.17) is 26.0 Å². The smallest absolute Gasteiger partial charge is 0.374 e. The standard InChI is InChI=1S/C12H10ClNO4/c1-6-3-8(13)7(4-10(6)17-2)9-5-11(12(15)16)18-14-9/h3-5H,1-2H3,(H,15,16). The average Bonchev–Trinajstić information content (AvgIpc) is 2.78. The highest BCUT2D eigenvalue weighted by molar-refractivity contribution is 6.33. The zero-order valence-electron chi connectivity index (χ0n) is 9.73. The molecular weight excluding hydrogens is 258 g/mol. The molecular formula is C12H10ClNO4. The molecule has 0 saturated heterocycles. The molecule has 2 aromatic rings. The van der Waals surface area contributed by atoms with Gasteiger partial charge in [-0.05, 0) is 24.6 Å². The third kappa shape index (κ3) is 2.17. The molecule has 0 aliphatic heterocycles. The minimum atomic E-state index is -1.18. The van der Waals surface area contributed by atoms with Gasteiger partial charge in [0, 0.05) is 11.6 Å². The first-order valence-corrected chi connectivity index (χ1v) is 5.45. The van der Waals surface area contributed by atoms with E-state index in [1.54, 1.807) is 19.2 Å². The molecule has 0 spiro atoms. The Balaban J connectivity index is 2.52. The first kappa shape index (κ1) is 12.4. The van der Waals surface area contributed by atoms with Crippen molar-refractivity contribution in [2.24, 2.45) is 0 Å². The van der Waals surface area contributed by atoms with Gasteiger partial charge in [0.2, 0.25) is 5.76 Å². The SMILES string of the molecule is COc1cc(-c2cc(C(=O)O)on2)c(Cl)cc1C. The molecule has 6 heteroatoms. The van der Waals surface area contributed by atoms with Crippen molar-refractivity contribution >= 4 is 17.6 Å². The summed E-state index contributed by atoms with van der Waals surface area (Å²) in [5.74, 6) is -0.765. The van der Waals surface area contributed by atoms with E-state index in [0.717, 1.165) is 5.56 Å². The van der Waals surface area contributed by atoms with Gasteiger partial charge in [0.15, 0.2) is 0 Å². The second kappa shape index (κ2) is 4.70. The lowest BCUT2D eigenvalue weighted by Crippen LogP contribution is -1.92. The summed E-state index contributed by atoms with van der Waals surface area (Å²) < 4.78 is 9.87. The summed E-state index contributed by atoms with van der Waals surface area (Å²) in [5, 5.41) is 12.9. The number of methoxy groups -OCH3 is 1. The van der Waals surface area contributed by atoms with Gasteiger partial charge in [0.1, 0.15) is 11.4 Å². The molecule has 5 nitrogen and oxygen atoms in total. The number of halogens is 1. The van der Waals surface area contributed by atoms with Crippen LogP contribution in [0.4, 0.5) is 0 Å². The van der Waals surface area contributed by atoms with E-state index < -0.39 is 5.97 Å². The van der Waals surface area contributed by atoms with Crippen molar-refractivity contribution < 1.29 is 19.2 Å². The molecule has 1 aromatic heterocycles. The van der Waals surface area contributed by atoms with E-state index in [2.05, 4.69) is 5.16 Å².